The maximum absolute atomic E-state index is 12.6. The van der Waals surface area contributed by atoms with E-state index in [0.29, 0.717) is 17.3 Å². The number of rotatable bonds is 4. The average molecular weight is 356 g/mol. The summed E-state index contributed by atoms with van der Waals surface area (Å²) in [6.07, 6.45) is 4.71. The van der Waals surface area contributed by atoms with Gasteiger partial charge in [0.1, 0.15) is 0 Å². The third kappa shape index (κ3) is 4.36. The Morgan fingerprint density at radius 1 is 1.16 bits per heavy atom. The van der Waals surface area contributed by atoms with Gasteiger partial charge in [-0.3, -0.25) is 9.78 Å². The first-order valence-electron chi connectivity index (χ1n) is 7.47. The summed E-state index contributed by atoms with van der Waals surface area (Å²) in [4.78, 5) is 20.3. The third-order valence-electron chi connectivity index (χ3n) is 3.38. The molecule has 0 N–H and O–H groups in total. The lowest BCUT2D eigenvalue weighted by atomic mass is 10.1. The van der Waals surface area contributed by atoms with Gasteiger partial charge in [-0.1, -0.05) is 17.3 Å². The normalized spacial score (nSPS) is 13.2. The van der Waals surface area contributed by atoms with E-state index in [1.54, 1.807) is 55.7 Å². The van der Waals surface area contributed by atoms with Crippen LogP contribution in [0.4, 0.5) is 0 Å². The number of benzene rings is 1. The number of hydrogen-bond donors (Lipinski definition) is 0. The first-order valence-corrected chi connectivity index (χ1v) is 9.56. The molecule has 0 saturated carbocycles. The largest absolute Gasteiger partial charge is 0.339 e. The number of hydrogen-bond acceptors (Lipinski definition) is 6. The molecule has 1 atom stereocenters. The summed E-state index contributed by atoms with van der Waals surface area (Å²) < 4.78 is 21.4. The molecule has 0 aliphatic carbocycles. The van der Waals surface area contributed by atoms with Gasteiger partial charge in [-0.25, -0.2) is 4.21 Å². The molecule has 3 aromatic rings. The standard InChI is InChI=1S/C17H16N4O3S/c1-12-19-16(20-24-12)14-3-5-15(6-4-14)17(22)21-25(2,23)11-13-7-9-18-10-8-13/h3-10H,11H2,1-2H3. The van der Waals surface area contributed by atoms with Crippen LogP contribution in [-0.2, 0) is 15.5 Å². The SMILES string of the molecule is Cc1nc(-c2ccc(C(=O)N=S(C)(=O)Cc3ccncc3)cc2)no1. The summed E-state index contributed by atoms with van der Waals surface area (Å²) in [6.45, 7) is 1.70. The number of carbonyl (C=O) groups excluding carboxylic acids is 1. The Labute approximate surface area is 145 Å². The van der Waals surface area contributed by atoms with E-state index in [9.17, 15) is 9.00 Å². The highest BCUT2D eigenvalue weighted by Crippen LogP contribution is 2.17. The molecule has 1 unspecified atom stereocenters. The molecular formula is C17H16N4O3S. The minimum Gasteiger partial charge on any atom is -0.339 e. The number of aromatic nitrogens is 3. The lowest BCUT2D eigenvalue weighted by Gasteiger charge is -2.04. The molecule has 2 aromatic heterocycles. The second kappa shape index (κ2) is 6.94. The minimum absolute atomic E-state index is 0.196. The van der Waals surface area contributed by atoms with Crippen molar-refractivity contribution in [2.24, 2.45) is 4.36 Å². The van der Waals surface area contributed by atoms with Crippen LogP contribution in [0.3, 0.4) is 0 Å². The van der Waals surface area contributed by atoms with Crippen LogP contribution in [0.25, 0.3) is 11.4 Å². The molecule has 25 heavy (non-hydrogen) atoms. The fraction of sp³-hybridized carbons (Fsp3) is 0.176. The van der Waals surface area contributed by atoms with Crippen LogP contribution in [0.2, 0.25) is 0 Å². The smallest absolute Gasteiger partial charge is 0.285 e. The van der Waals surface area contributed by atoms with Crippen molar-refractivity contribution in [1.82, 2.24) is 15.1 Å². The van der Waals surface area contributed by atoms with Gasteiger partial charge in [0, 0.05) is 36.7 Å². The van der Waals surface area contributed by atoms with Crippen molar-refractivity contribution in [2.75, 3.05) is 6.26 Å². The predicted octanol–water partition coefficient (Wildman–Crippen LogP) is 2.88. The quantitative estimate of drug-likeness (QED) is 0.713. The topological polar surface area (TPSA) is 98.3 Å². The van der Waals surface area contributed by atoms with E-state index in [-0.39, 0.29) is 5.75 Å². The van der Waals surface area contributed by atoms with Gasteiger partial charge in [0.25, 0.3) is 5.91 Å². The van der Waals surface area contributed by atoms with E-state index < -0.39 is 15.6 Å². The lowest BCUT2D eigenvalue weighted by Crippen LogP contribution is -2.06. The Morgan fingerprint density at radius 3 is 2.44 bits per heavy atom. The van der Waals surface area contributed by atoms with E-state index in [4.69, 9.17) is 4.52 Å². The molecule has 0 aliphatic rings. The highest BCUT2D eigenvalue weighted by molar-refractivity contribution is 7.92. The second-order valence-electron chi connectivity index (χ2n) is 5.57. The third-order valence-corrected chi connectivity index (χ3v) is 4.80. The van der Waals surface area contributed by atoms with Crippen LogP contribution in [0.1, 0.15) is 21.8 Å². The van der Waals surface area contributed by atoms with Gasteiger partial charge in [-0.2, -0.15) is 9.35 Å². The summed E-state index contributed by atoms with van der Waals surface area (Å²) in [5, 5.41) is 3.82. The zero-order chi connectivity index (χ0) is 17.9. The first kappa shape index (κ1) is 17.0. The molecule has 1 amide bonds. The van der Waals surface area contributed by atoms with Gasteiger partial charge in [-0.15, -0.1) is 0 Å². The molecule has 0 bridgehead atoms. The van der Waals surface area contributed by atoms with Crippen LogP contribution < -0.4 is 0 Å². The molecule has 0 fully saturated rings. The maximum Gasteiger partial charge on any atom is 0.285 e. The van der Waals surface area contributed by atoms with Crippen molar-refractivity contribution >= 4 is 15.6 Å². The van der Waals surface area contributed by atoms with Gasteiger partial charge < -0.3 is 4.52 Å². The number of nitrogens with zero attached hydrogens (tertiary/aromatic N) is 4. The molecule has 128 valence electrons. The Morgan fingerprint density at radius 2 is 1.84 bits per heavy atom. The maximum atomic E-state index is 12.6. The molecule has 3 rings (SSSR count). The zero-order valence-corrected chi connectivity index (χ0v) is 14.6. The highest BCUT2D eigenvalue weighted by atomic mass is 32.2. The zero-order valence-electron chi connectivity index (χ0n) is 13.7. The minimum atomic E-state index is -2.68. The van der Waals surface area contributed by atoms with E-state index in [2.05, 4.69) is 19.5 Å². The lowest BCUT2D eigenvalue weighted by molar-refractivity contribution is 0.100. The van der Waals surface area contributed by atoms with Gasteiger partial charge in [0.15, 0.2) is 0 Å². The average Bonchev–Trinajstić information content (AvgIpc) is 3.01. The van der Waals surface area contributed by atoms with Gasteiger partial charge in [0.05, 0.1) is 15.5 Å². The summed E-state index contributed by atoms with van der Waals surface area (Å²) in [5.41, 5.74) is 1.90. The molecule has 8 heteroatoms. The Hall–Kier alpha value is -2.87. The van der Waals surface area contributed by atoms with E-state index in [1.807, 2.05) is 0 Å². The molecule has 0 saturated heterocycles. The number of carbonyl (C=O) groups is 1. The van der Waals surface area contributed by atoms with Crippen LogP contribution in [0.15, 0.2) is 57.7 Å². The summed E-state index contributed by atoms with van der Waals surface area (Å²) in [7, 11) is -2.68. The Bertz CT molecular complexity index is 1000. The Balaban J connectivity index is 1.79. The van der Waals surface area contributed by atoms with Crippen LogP contribution in [-0.4, -0.2) is 31.5 Å². The van der Waals surface area contributed by atoms with E-state index >= 15 is 0 Å². The first-order chi connectivity index (χ1) is 11.9. The fourth-order valence-electron chi connectivity index (χ4n) is 2.23. The number of pyridine rings is 1. The van der Waals surface area contributed by atoms with Crippen molar-refractivity contribution in [3.63, 3.8) is 0 Å². The van der Waals surface area contributed by atoms with E-state index in [1.165, 1.54) is 6.26 Å². The van der Waals surface area contributed by atoms with Crippen molar-refractivity contribution in [1.29, 1.82) is 0 Å². The summed E-state index contributed by atoms with van der Waals surface area (Å²) in [6, 6.07) is 10.1. The van der Waals surface area contributed by atoms with Crippen LogP contribution in [0.5, 0.6) is 0 Å². The predicted molar refractivity (Wildman–Crippen MR) is 93.2 cm³/mol. The van der Waals surface area contributed by atoms with E-state index in [0.717, 1.165) is 11.1 Å². The van der Waals surface area contributed by atoms with Crippen molar-refractivity contribution < 1.29 is 13.5 Å². The van der Waals surface area contributed by atoms with Crippen molar-refractivity contribution in [2.45, 2.75) is 12.7 Å². The summed E-state index contributed by atoms with van der Waals surface area (Å²) >= 11 is 0. The molecule has 1 aromatic carbocycles. The van der Waals surface area contributed by atoms with Gasteiger partial charge in [-0.05, 0) is 29.8 Å². The monoisotopic (exact) mass is 356 g/mol. The molecule has 0 spiro atoms. The van der Waals surface area contributed by atoms with Crippen molar-refractivity contribution in [3.8, 4) is 11.4 Å². The number of aryl methyl sites for hydroxylation is 1. The van der Waals surface area contributed by atoms with Crippen LogP contribution >= 0.6 is 0 Å². The molecule has 0 radical (unpaired) electrons. The Kier molecular flexibility index (Phi) is 4.71. The number of amides is 1. The van der Waals surface area contributed by atoms with Gasteiger partial charge in [0.2, 0.25) is 11.7 Å². The van der Waals surface area contributed by atoms with Gasteiger partial charge >= 0.3 is 0 Å². The molecule has 0 aliphatic heterocycles. The molecular weight excluding hydrogens is 340 g/mol. The highest BCUT2D eigenvalue weighted by Gasteiger charge is 2.11. The second-order valence-corrected chi connectivity index (χ2v) is 7.96. The summed E-state index contributed by atoms with van der Waals surface area (Å²) in [5.74, 6) is 0.594. The molecule has 2 heterocycles. The van der Waals surface area contributed by atoms with Crippen LogP contribution in [0, 0.1) is 6.92 Å². The fourth-order valence-corrected chi connectivity index (χ4v) is 3.56. The van der Waals surface area contributed by atoms with Crippen molar-refractivity contribution in [3.05, 3.63) is 65.8 Å². The molecule has 7 nitrogen and oxygen atoms in total.